The van der Waals surface area contributed by atoms with E-state index in [1.807, 2.05) is 0 Å². The first-order chi connectivity index (χ1) is 9.95. The van der Waals surface area contributed by atoms with Crippen molar-refractivity contribution in [2.45, 2.75) is 19.4 Å². The molecule has 0 aromatic heterocycles. The Morgan fingerprint density at radius 3 is 2.76 bits per heavy atom. The molecule has 7 heteroatoms. The normalized spacial score (nSPS) is 17.8. The second kappa shape index (κ2) is 6.51. The van der Waals surface area contributed by atoms with Gasteiger partial charge in [-0.2, -0.15) is 0 Å². The maximum atomic E-state index is 13.0. The van der Waals surface area contributed by atoms with E-state index >= 15 is 0 Å². The number of rotatable bonds is 4. The SMILES string of the molecule is O=C(O)CC1CCN(C(=O)NCc2ccc(F)c(F)c2)C1. The summed E-state index contributed by atoms with van der Waals surface area (Å²) in [5, 5.41) is 11.3. The smallest absolute Gasteiger partial charge is 0.317 e. The molecule has 2 amide bonds. The fourth-order valence-electron chi connectivity index (χ4n) is 2.37. The maximum Gasteiger partial charge on any atom is 0.317 e. The van der Waals surface area contributed by atoms with Gasteiger partial charge in [-0.25, -0.2) is 13.6 Å². The zero-order chi connectivity index (χ0) is 15.4. The fourth-order valence-corrected chi connectivity index (χ4v) is 2.37. The highest BCUT2D eigenvalue weighted by Gasteiger charge is 2.27. The summed E-state index contributed by atoms with van der Waals surface area (Å²) in [5.74, 6) is -2.79. The number of hydrogen-bond acceptors (Lipinski definition) is 2. The van der Waals surface area contributed by atoms with Crippen molar-refractivity contribution >= 4 is 12.0 Å². The molecule has 1 aromatic rings. The predicted octanol–water partition coefficient (Wildman–Crippen LogP) is 1.97. The van der Waals surface area contributed by atoms with E-state index in [0.717, 1.165) is 12.1 Å². The number of benzene rings is 1. The minimum atomic E-state index is -0.954. The van der Waals surface area contributed by atoms with Gasteiger partial charge < -0.3 is 15.3 Å². The summed E-state index contributed by atoms with van der Waals surface area (Å²) in [7, 11) is 0. The Kier molecular flexibility index (Phi) is 4.72. The molecule has 114 valence electrons. The van der Waals surface area contributed by atoms with Crippen LogP contribution in [0.4, 0.5) is 13.6 Å². The number of aliphatic carboxylic acids is 1. The fraction of sp³-hybridized carbons (Fsp3) is 0.429. The van der Waals surface area contributed by atoms with E-state index in [9.17, 15) is 18.4 Å². The van der Waals surface area contributed by atoms with Crippen LogP contribution in [0.3, 0.4) is 0 Å². The minimum absolute atomic E-state index is 0.0310. The molecule has 0 radical (unpaired) electrons. The van der Waals surface area contributed by atoms with E-state index in [4.69, 9.17) is 5.11 Å². The van der Waals surface area contributed by atoms with Gasteiger partial charge in [-0.3, -0.25) is 4.79 Å². The van der Waals surface area contributed by atoms with Gasteiger partial charge in [-0.1, -0.05) is 6.07 Å². The van der Waals surface area contributed by atoms with Gasteiger partial charge in [0, 0.05) is 26.1 Å². The van der Waals surface area contributed by atoms with Gasteiger partial charge in [-0.05, 0) is 30.0 Å². The molecule has 1 aliphatic heterocycles. The monoisotopic (exact) mass is 298 g/mol. The number of nitrogens with one attached hydrogen (secondary N) is 1. The van der Waals surface area contributed by atoms with Crippen molar-refractivity contribution in [3.63, 3.8) is 0 Å². The first-order valence-corrected chi connectivity index (χ1v) is 6.64. The Balaban J connectivity index is 1.82. The first kappa shape index (κ1) is 15.2. The van der Waals surface area contributed by atoms with E-state index in [2.05, 4.69) is 5.32 Å². The zero-order valence-corrected chi connectivity index (χ0v) is 11.3. The molecule has 1 aromatic carbocycles. The quantitative estimate of drug-likeness (QED) is 0.893. The van der Waals surface area contributed by atoms with Crippen LogP contribution >= 0.6 is 0 Å². The van der Waals surface area contributed by atoms with Crippen LogP contribution < -0.4 is 5.32 Å². The molecule has 2 N–H and O–H groups in total. The summed E-state index contributed by atoms with van der Waals surface area (Å²) >= 11 is 0. The third-order valence-electron chi connectivity index (χ3n) is 3.46. The molecule has 0 aliphatic carbocycles. The van der Waals surface area contributed by atoms with Gasteiger partial charge in [0.1, 0.15) is 0 Å². The molecule has 1 unspecified atom stereocenters. The molecule has 1 saturated heterocycles. The number of amides is 2. The molecule has 1 atom stereocenters. The lowest BCUT2D eigenvalue weighted by molar-refractivity contribution is -0.138. The van der Waals surface area contributed by atoms with Gasteiger partial charge in [0.2, 0.25) is 0 Å². The van der Waals surface area contributed by atoms with Gasteiger partial charge in [0.15, 0.2) is 11.6 Å². The molecule has 1 fully saturated rings. The van der Waals surface area contributed by atoms with Crippen LogP contribution in [0.25, 0.3) is 0 Å². The molecule has 2 rings (SSSR count). The minimum Gasteiger partial charge on any atom is -0.481 e. The number of carbonyl (C=O) groups excluding carboxylic acids is 1. The lowest BCUT2D eigenvalue weighted by atomic mass is 10.1. The third kappa shape index (κ3) is 4.14. The first-order valence-electron chi connectivity index (χ1n) is 6.64. The molecule has 0 saturated carbocycles. The number of carboxylic acid groups (broad SMARTS) is 1. The summed E-state index contributed by atoms with van der Waals surface area (Å²) in [5.41, 5.74) is 0.462. The average molecular weight is 298 g/mol. The van der Waals surface area contributed by atoms with Crippen LogP contribution in [0.1, 0.15) is 18.4 Å². The van der Waals surface area contributed by atoms with Crippen molar-refractivity contribution in [3.05, 3.63) is 35.4 Å². The average Bonchev–Trinajstić information content (AvgIpc) is 2.87. The van der Waals surface area contributed by atoms with Gasteiger partial charge in [0.25, 0.3) is 0 Å². The number of halogens is 2. The van der Waals surface area contributed by atoms with E-state index in [0.29, 0.717) is 25.1 Å². The highest BCUT2D eigenvalue weighted by molar-refractivity contribution is 5.74. The number of carboxylic acids is 1. The lowest BCUT2D eigenvalue weighted by Gasteiger charge is -2.17. The van der Waals surface area contributed by atoms with Crippen LogP contribution in [0.2, 0.25) is 0 Å². The zero-order valence-electron chi connectivity index (χ0n) is 11.3. The predicted molar refractivity (Wildman–Crippen MR) is 70.5 cm³/mol. The summed E-state index contributed by atoms with van der Waals surface area (Å²) in [4.78, 5) is 24.1. The van der Waals surface area contributed by atoms with Gasteiger partial charge >= 0.3 is 12.0 Å². The summed E-state index contributed by atoms with van der Waals surface area (Å²) in [6.45, 7) is 0.994. The van der Waals surface area contributed by atoms with E-state index < -0.39 is 17.6 Å². The number of likely N-dealkylation sites (tertiary alicyclic amines) is 1. The molecule has 5 nitrogen and oxygen atoms in total. The number of urea groups is 1. The second-order valence-corrected chi connectivity index (χ2v) is 5.11. The van der Waals surface area contributed by atoms with Crippen molar-refractivity contribution in [1.29, 1.82) is 0 Å². The largest absolute Gasteiger partial charge is 0.481 e. The van der Waals surface area contributed by atoms with E-state index in [-0.39, 0.29) is 24.9 Å². The Morgan fingerprint density at radius 1 is 1.33 bits per heavy atom. The summed E-state index contributed by atoms with van der Waals surface area (Å²) < 4.78 is 25.8. The second-order valence-electron chi connectivity index (χ2n) is 5.11. The van der Waals surface area contributed by atoms with Gasteiger partial charge in [0.05, 0.1) is 0 Å². The van der Waals surface area contributed by atoms with Crippen molar-refractivity contribution in [1.82, 2.24) is 10.2 Å². The molecule has 1 aliphatic rings. The van der Waals surface area contributed by atoms with Crippen LogP contribution in [0.15, 0.2) is 18.2 Å². The lowest BCUT2D eigenvalue weighted by Crippen LogP contribution is -2.38. The molecular formula is C14H16F2N2O3. The Hall–Kier alpha value is -2.18. The maximum absolute atomic E-state index is 13.0. The van der Waals surface area contributed by atoms with Crippen LogP contribution in [0, 0.1) is 17.6 Å². The molecular weight excluding hydrogens is 282 g/mol. The number of hydrogen-bond donors (Lipinski definition) is 2. The van der Waals surface area contributed by atoms with Crippen LogP contribution in [-0.2, 0) is 11.3 Å². The molecule has 0 spiro atoms. The van der Waals surface area contributed by atoms with Crippen LogP contribution in [0.5, 0.6) is 0 Å². The number of nitrogens with zero attached hydrogens (tertiary/aromatic N) is 1. The highest BCUT2D eigenvalue weighted by atomic mass is 19.2. The van der Waals surface area contributed by atoms with E-state index in [1.165, 1.54) is 11.0 Å². The highest BCUT2D eigenvalue weighted by Crippen LogP contribution is 2.19. The Bertz CT molecular complexity index is 551. The molecule has 1 heterocycles. The van der Waals surface area contributed by atoms with Crippen molar-refractivity contribution in [2.24, 2.45) is 5.92 Å². The molecule has 0 bridgehead atoms. The number of carbonyl (C=O) groups is 2. The van der Waals surface area contributed by atoms with Crippen molar-refractivity contribution < 1.29 is 23.5 Å². The third-order valence-corrected chi connectivity index (χ3v) is 3.46. The van der Waals surface area contributed by atoms with Crippen LogP contribution in [-0.4, -0.2) is 35.1 Å². The Labute approximate surface area is 120 Å². The summed E-state index contributed by atoms with van der Waals surface area (Å²) in [6, 6.07) is 3.12. The topological polar surface area (TPSA) is 69.6 Å². The molecule has 21 heavy (non-hydrogen) atoms. The van der Waals surface area contributed by atoms with E-state index in [1.54, 1.807) is 0 Å². The summed E-state index contributed by atoms with van der Waals surface area (Å²) in [6.07, 6.45) is 0.706. The van der Waals surface area contributed by atoms with Gasteiger partial charge in [-0.15, -0.1) is 0 Å². The van der Waals surface area contributed by atoms with Crippen molar-refractivity contribution in [3.8, 4) is 0 Å². The Morgan fingerprint density at radius 2 is 2.10 bits per heavy atom. The standard InChI is InChI=1S/C14H16F2N2O3/c15-11-2-1-9(5-12(11)16)7-17-14(21)18-4-3-10(8-18)6-13(19)20/h1-2,5,10H,3-4,6-8H2,(H,17,21)(H,19,20). The van der Waals surface area contributed by atoms with Crippen molar-refractivity contribution in [2.75, 3.05) is 13.1 Å².